The predicted molar refractivity (Wildman–Crippen MR) is 84.3 cm³/mol. The van der Waals surface area contributed by atoms with Crippen LogP contribution >= 0.6 is 0 Å². The van der Waals surface area contributed by atoms with Gasteiger partial charge in [-0.2, -0.15) is 0 Å². The van der Waals surface area contributed by atoms with Gasteiger partial charge in [-0.25, -0.2) is 4.98 Å². The molecule has 0 saturated carbocycles. The normalized spacial score (nSPS) is 24.9. The number of aromatic amines is 1. The van der Waals surface area contributed by atoms with Crippen LogP contribution in [0.15, 0.2) is 10.9 Å². The van der Waals surface area contributed by atoms with Gasteiger partial charge in [0.25, 0.3) is 5.56 Å². The molecular formula is C16H25N3O3. The van der Waals surface area contributed by atoms with Crippen LogP contribution in [-0.4, -0.2) is 46.5 Å². The van der Waals surface area contributed by atoms with Gasteiger partial charge in [-0.15, -0.1) is 0 Å². The molecule has 3 heterocycles. The average Bonchev–Trinajstić information content (AvgIpc) is 2.50. The van der Waals surface area contributed by atoms with Gasteiger partial charge in [-0.1, -0.05) is 13.8 Å². The Morgan fingerprint density at radius 3 is 2.82 bits per heavy atom. The van der Waals surface area contributed by atoms with Crippen LogP contribution < -0.4 is 10.5 Å². The van der Waals surface area contributed by atoms with E-state index in [0.29, 0.717) is 0 Å². The first-order chi connectivity index (χ1) is 10.5. The Labute approximate surface area is 130 Å². The maximum Gasteiger partial charge on any atom is 0.252 e. The SMILES string of the molecule is CC(C)c1nc(N2CCC3(CC2)OCCCC3O)cc(=O)[nH]1. The molecule has 2 fully saturated rings. The van der Waals surface area contributed by atoms with Crippen LogP contribution in [0.2, 0.25) is 0 Å². The first kappa shape index (κ1) is 15.5. The number of hydrogen-bond donors (Lipinski definition) is 2. The van der Waals surface area contributed by atoms with Gasteiger partial charge in [0.05, 0.1) is 11.7 Å². The molecule has 2 saturated heterocycles. The molecule has 6 heteroatoms. The van der Waals surface area contributed by atoms with Crippen LogP contribution in [0.25, 0.3) is 0 Å². The van der Waals surface area contributed by atoms with Crippen molar-refractivity contribution in [2.45, 2.75) is 57.2 Å². The summed E-state index contributed by atoms with van der Waals surface area (Å²) in [6, 6.07) is 1.56. The number of aromatic nitrogens is 2. The van der Waals surface area contributed by atoms with Gasteiger partial charge in [-0.3, -0.25) is 4.79 Å². The van der Waals surface area contributed by atoms with E-state index in [0.717, 1.165) is 57.0 Å². The van der Waals surface area contributed by atoms with Crippen LogP contribution in [0.3, 0.4) is 0 Å². The summed E-state index contributed by atoms with van der Waals surface area (Å²) >= 11 is 0. The number of hydrogen-bond acceptors (Lipinski definition) is 5. The largest absolute Gasteiger partial charge is 0.390 e. The second-order valence-corrected chi connectivity index (χ2v) is 6.70. The number of nitrogens with zero attached hydrogens (tertiary/aromatic N) is 2. The minimum Gasteiger partial charge on any atom is -0.390 e. The van der Waals surface area contributed by atoms with Gasteiger partial charge in [0.1, 0.15) is 11.6 Å². The maximum atomic E-state index is 11.8. The summed E-state index contributed by atoms with van der Waals surface area (Å²) in [5, 5.41) is 10.3. The molecule has 3 rings (SSSR count). The zero-order valence-electron chi connectivity index (χ0n) is 13.3. The van der Waals surface area contributed by atoms with Crippen molar-refractivity contribution in [3.8, 4) is 0 Å². The van der Waals surface area contributed by atoms with E-state index in [-0.39, 0.29) is 17.6 Å². The molecule has 2 aliphatic rings. The summed E-state index contributed by atoms with van der Waals surface area (Å²) < 4.78 is 5.92. The van der Waals surface area contributed by atoms with E-state index in [2.05, 4.69) is 14.9 Å². The molecule has 2 aliphatic heterocycles. The van der Waals surface area contributed by atoms with E-state index in [1.54, 1.807) is 6.07 Å². The van der Waals surface area contributed by atoms with Gasteiger partial charge in [0, 0.05) is 31.7 Å². The summed E-state index contributed by atoms with van der Waals surface area (Å²) in [6.45, 7) is 6.27. The van der Waals surface area contributed by atoms with Crippen LogP contribution in [-0.2, 0) is 4.74 Å². The predicted octanol–water partition coefficient (Wildman–Crippen LogP) is 1.40. The van der Waals surface area contributed by atoms with Crippen molar-refractivity contribution in [3.05, 3.63) is 22.2 Å². The number of H-pyrrole nitrogens is 1. The highest BCUT2D eigenvalue weighted by Crippen LogP contribution is 2.36. The molecule has 0 aliphatic carbocycles. The Balaban J connectivity index is 1.75. The van der Waals surface area contributed by atoms with Gasteiger partial charge >= 0.3 is 0 Å². The maximum absolute atomic E-state index is 11.8. The number of nitrogens with one attached hydrogen (secondary N) is 1. The average molecular weight is 307 g/mol. The summed E-state index contributed by atoms with van der Waals surface area (Å²) in [5.41, 5.74) is -0.500. The molecule has 0 bridgehead atoms. The fourth-order valence-electron chi connectivity index (χ4n) is 3.40. The fraction of sp³-hybridized carbons (Fsp3) is 0.750. The van der Waals surface area contributed by atoms with Gasteiger partial charge in [-0.05, 0) is 25.7 Å². The standard InChI is InChI=1S/C16H25N3O3/c1-11(2)15-17-13(10-14(21)18-15)19-7-5-16(6-8-19)12(20)4-3-9-22-16/h10-12,20H,3-9H2,1-2H3,(H,17,18,21). The van der Waals surface area contributed by atoms with Crippen LogP contribution in [0.1, 0.15) is 51.3 Å². The fourth-order valence-corrected chi connectivity index (χ4v) is 3.40. The monoisotopic (exact) mass is 307 g/mol. The summed E-state index contributed by atoms with van der Waals surface area (Å²) in [7, 11) is 0. The third kappa shape index (κ3) is 2.90. The second-order valence-electron chi connectivity index (χ2n) is 6.70. The molecule has 22 heavy (non-hydrogen) atoms. The Morgan fingerprint density at radius 2 is 2.18 bits per heavy atom. The van der Waals surface area contributed by atoms with Crippen molar-refractivity contribution >= 4 is 5.82 Å². The van der Waals surface area contributed by atoms with Crippen molar-refractivity contribution in [2.24, 2.45) is 0 Å². The number of rotatable bonds is 2. The summed E-state index contributed by atoms with van der Waals surface area (Å²) in [6.07, 6.45) is 2.93. The van der Waals surface area contributed by atoms with Gasteiger partial charge in [0.2, 0.25) is 0 Å². The lowest BCUT2D eigenvalue weighted by Gasteiger charge is -2.47. The van der Waals surface area contributed by atoms with Crippen molar-refractivity contribution in [1.82, 2.24) is 9.97 Å². The molecule has 0 aromatic carbocycles. The lowest BCUT2D eigenvalue weighted by Crippen LogP contribution is -2.55. The molecule has 122 valence electrons. The molecule has 6 nitrogen and oxygen atoms in total. The smallest absolute Gasteiger partial charge is 0.252 e. The van der Waals surface area contributed by atoms with E-state index in [1.165, 1.54) is 0 Å². The summed E-state index contributed by atoms with van der Waals surface area (Å²) in [5.74, 6) is 1.64. The quantitative estimate of drug-likeness (QED) is 0.863. The molecule has 1 spiro atoms. The molecule has 2 N–H and O–H groups in total. The number of ether oxygens (including phenoxy) is 1. The minimum absolute atomic E-state index is 0.108. The highest BCUT2D eigenvalue weighted by Gasteiger charge is 2.43. The summed E-state index contributed by atoms with van der Waals surface area (Å²) in [4.78, 5) is 21.3. The molecule has 1 aromatic heterocycles. The molecule has 1 aromatic rings. The molecule has 1 unspecified atom stereocenters. The van der Waals surface area contributed by atoms with Crippen LogP contribution in [0.4, 0.5) is 5.82 Å². The Kier molecular flexibility index (Phi) is 4.23. The van der Waals surface area contributed by atoms with E-state index >= 15 is 0 Å². The van der Waals surface area contributed by atoms with E-state index in [9.17, 15) is 9.90 Å². The number of piperidine rings is 1. The Bertz CT molecular complexity index is 576. The highest BCUT2D eigenvalue weighted by molar-refractivity contribution is 5.38. The van der Waals surface area contributed by atoms with Crippen molar-refractivity contribution in [1.29, 1.82) is 0 Å². The second kappa shape index (κ2) is 6.01. The third-order valence-corrected chi connectivity index (χ3v) is 4.85. The molecule has 0 radical (unpaired) electrons. The number of anilines is 1. The van der Waals surface area contributed by atoms with E-state index < -0.39 is 5.60 Å². The van der Waals surface area contributed by atoms with Crippen molar-refractivity contribution < 1.29 is 9.84 Å². The molecular weight excluding hydrogens is 282 g/mol. The van der Waals surface area contributed by atoms with Gasteiger partial charge in [0.15, 0.2) is 0 Å². The lowest BCUT2D eigenvalue weighted by molar-refractivity contribution is -0.164. The van der Waals surface area contributed by atoms with E-state index in [1.807, 2.05) is 13.8 Å². The lowest BCUT2D eigenvalue weighted by atomic mass is 9.82. The first-order valence-electron chi connectivity index (χ1n) is 8.18. The number of aliphatic hydroxyl groups is 1. The van der Waals surface area contributed by atoms with Crippen molar-refractivity contribution in [2.75, 3.05) is 24.6 Å². The van der Waals surface area contributed by atoms with E-state index in [4.69, 9.17) is 4.74 Å². The topological polar surface area (TPSA) is 78.5 Å². The minimum atomic E-state index is -0.392. The third-order valence-electron chi connectivity index (χ3n) is 4.85. The Hall–Kier alpha value is -1.40. The van der Waals surface area contributed by atoms with Crippen LogP contribution in [0, 0.1) is 0 Å². The zero-order chi connectivity index (χ0) is 15.7. The Morgan fingerprint density at radius 1 is 1.45 bits per heavy atom. The zero-order valence-corrected chi connectivity index (χ0v) is 13.3. The van der Waals surface area contributed by atoms with Crippen molar-refractivity contribution in [3.63, 3.8) is 0 Å². The van der Waals surface area contributed by atoms with Gasteiger partial charge < -0.3 is 19.7 Å². The first-order valence-corrected chi connectivity index (χ1v) is 8.18. The van der Waals surface area contributed by atoms with Crippen LogP contribution in [0.5, 0.6) is 0 Å². The molecule has 1 atom stereocenters. The number of aliphatic hydroxyl groups excluding tert-OH is 1. The highest BCUT2D eigenvalue weighted by atomic mass is 16.5. The molecule has 0 amide bonds.